The van der Waals surface area contributed by atoms with E-state index < -0.39 is 0 Å². The van der Waals surface area contributed by atoms with Crippen LogP contribution < -0.4 is 5.32 Å². The van der Waals surface area contributed by atoms with Crippen molar-refractivity contribution in [1.29, 1.82) is 0 Å². The summed E-state index contributed by atoms with van der Waals surface area (Å²) < 4.78 is 18.6. The maximum Gasteiger partial charge on any atom is 0.133 e. The molecule has 1 aromatic carbocycles. The van der Waals surface area contributed by atoms with Crippen molar-refractivity contribution in [2.45, 2.75) is 38.3 Å². The van der Waals surface area contributed by atoms with Gasteiger partial charge in [0.05, 0.1) is 5.69 Å². The number of benzene rings is 1. The van der Waals surface area contributed by atoms with Crippen molar-refractivity contribution in [2.75, 3.05) is 0 Å². The van der Waals surface area contributed by atoms with Crippen LogP contribution in [0.25, 0.3) is 0 Å². The Kier molecular flexibility index (Phi) is 3.34. The summed E-state index contributed by atoms with van der Waals surface area (Å²) >= 11 is 0. The van der Waals surface area contributed by atoms with Crippen LogP contribution in [-0.2, 0) is 6.54 Å². The van der Waals surface area contributed by atoms with Crippen molar-refractivity contribution in [3.8, 4) is 0 Å². The molecule has 1 aliphatic carbocycles. The Bertz CT molecular complexity index is 561. The highest BCUT2D eigenvalue weighted by molar-refractivity contribution is 5.24. The van der Waals surface area contributed by atoms with E-state index in [1.54, 1.807) is 6.07 Å². The van der Waals surface area contributed by atoms with Gasteiger partial charge in [-0.2, -0.15) is 0 Å². The molecule has 4 heteroatoms. The number of nitrogens with one attached hydrogen (secondary N) is 1. The summed E-state index contributed by atoms with van der Waals surface area (Å²) in [5, 5.41) is 7.36. The zero-order chi connectivity index (χ0) is 13.2. The Morgan fingerprint density at radius 1 is 1.37 bits per heavy atom. The molecule has 0 bridgehead atoms. The molecular weight excluding hydrogens is 243 g/mol. The highest BCUT2D eigenvalue weighted by atomic mass is 19.1. The van der Waals surface area contributed by atoms with Crippen LogP contribution >= 0.6 is 0 Å². The van der Waals surface area contributed by atoms with Crippen LogP contribution in [0.3, 0.4) is 0 Å². The first-order chi connectivity index (χ1) is 9.22. The number of aromatic nitrogens is 1. The molecule has 0 spiro atoms. The van der Waals surface area contributed by atoms with Gasteiger partial charge >= 0.3 is 0 Å². The topological polar surface area (TPSA) is 38.1 Å². The normalized spacial score (nSPS) is 22.2. The van der Waals surface area contributed by atoms with Crippen LogP contribution in [0.1, 0.15) is 35.8 Å². The molecule has 0 atom stereocenters. The molecule has 1 aromatic heterocycles. The summed E-state index contributed by atoms with van der Waals surface area (Å²) in [7, 11) is 0. The fourth-order valence-electron chi connectivity index (χ4n) is 2.59. The molecule has 1 aliphatic rings. The Labute approximate surface area is 111 Å². The highest BCUT2D eigenvalue weighted by Gasteiger charge is 2.31. The first kappa shape index (κ1) is 12.4. The molecule has 0 saturated heterocycles. The van der Waals surface area contributed by atoms with Gasteiger partial charge in [0.2, 0.25) is 0 Å². The second-order valence-electron chi connectivity index (χ2n) is 5.20. The van der Waals surface area contributed by atoms with Gasteiger partial charge in [-0.1, -0.05) is 23.4 Å². The van der Waals surface area contributed by atoms with E-state index in [-0.39, 0.29) is 5.82 Å². The van der Waals surface area contributed by atoms with Crippen molar-refractivity contribution < 1.29 is 8.91 Å². The lowest BCUT2D eigenvalue weighted by atomic mass is 9.75. The van der Waals surface area contributed by atoms with E-state index in [2.05, 4.69) is 10.5 Å². The third-order valence-corrected chi connectivity index (χ3v) is 3.73. The van der Waals surface area contributed by atoms with E-state index in [9.17, 15) is 4.39 Å². The van der Waals surface area contributed by atoms with Gasteiger partial charge in [-0.3, -0.25) is 0 Å². The quantitative estimate of drug-likeness (QED) is 0.917. The van der Waals surface area contributed by atoms with Gasteiger partial charge < -0.3 is 9.84 Å². The number of aryl methyl sites for hydroxylation is 1. The standard InChI is InChI=1S/C15H17FN2O/c1-10-6-13(18-19-10)9-17-12-7-11(8-12)14-4-2-3-5-15(14)16/h2-6,11-12,17H,7-9H2,1H3. The smallest absolute Gasteiger partial charge is 0.133 e. The summed E-state index contributed by atoms with van der Waals surface area (Å²) in [5.74, 6) is 1.09. The first-order valence-electron chi connectivity index (χ1n) is 6.62. The van der Waals surface area contributed by atoms with Crippen molar-refractivity contribution in [3.63, 3.8) is 0 Å². The Morgan fingerprint density at radius 3 is 2.84 bits per heavy atom. The molecule has 0 aliphatic heterocycles. The monoisotopic (exact) mass is 260 g/mol. The van der Waals surface area contributed by atoms with Crippen LogP contribution in [0, 0.1) is 12.7 Å². The number of halogens is 1. The van der Waals surface area contributed by atoms with Crippen molar-refractivity contribution in [2.24, 2.45) is 0 Å². The van der Waals surface area contributed by atoms with E-state index >= 15 is 0 Å². The third-order valence-electron chi connectivity index (χ3n) is 3.73. The fraction of sp³-hybridized carbons (Fsp3) is 0.400. The molecule has 1 saturated carbocycles. The molecule has 3 nitrogen and oxygen atoms in total. The maximum atomic E-state index is 13.6. The van der Waals surface area contributed by atoms with Gasteiger partial charge in [-0.05, 0) is 37.3 Å². The number of hydrogen-bond acceptors (Lipinski definition) is 3. The lowest BCUT2D eigenvalue weighted by molar-refractivity contribution is 0.280. The molecule has 0 amide bonds. The van der Waals surface area contributed by atoms with Crippen LogP contribution in [0.15, 0.2) is 34.9 Å². The summed E-state index contributed by atoms with van der Waals surface area (Å²) in [4.78, 5) is 0. The van der Waals surface area contributed by atoms with Crippen LogP contribution in [-0.4, -0.2) is 11.2 Å². The lowest BCUT2D eigenvalue weighted by Crippen LogP contribution is -2.39. The third kappa shape index (κ3) is 2.68. The van der Waals surface area contributed by atoms with Gasteiger partial charge in [0.25, 0.3) is 0 Å². The van der Waals surface area contributed by atoms with Crippen molar-refractivity contribution >= 4 is 0 Å². The fourth-order valence-corrected chi connectivity index (χ4v) is 2.59. The highest BCUT2D eigenvalue weighted by Crippen LogP contribution is 2.37. The Balaban J connectivity index is 1.49. The average molecular weight is 260 g/mol. The van der Waals surface area contributed by atoms with Gasteiger partial charge in [-0.25, -0.2) is 4.39 Å². The minimum atomic E-state index is -0.0851. The van der Waals surface area contributed by atoms with E-state index in [4.69, 9.17) is 4.52 Å². The lowest BCUT2D eigenvalue weighted by Gasteiger charge is -2.36. The molecule has 1 N–H and O–H groups in total. The summed E-state index contributed by atoms with van der Waals surface area (Å²) in [6, 6.07) is 9.43. The SMILES string of the molecule is Cc1cc(CNC2CC(c3ccccc3F)C2)no1. The largest absolute Gasteiger partial charge is 0.361 e. The van der Waals surface area contributed by atoms with Gasteiger partial charge in [0.1, 0.15) is 11.6 Å². The zero-order valence-electron chi connectivity index (χ0n) is 10.9. The molecule has 19 heavy (non-hydrogen) atoms. The molecule has 1 heterocycles. The molecule has 100 valence electrons. The first-order valence-corrected chi connectivity index (χ1v) is 6.62. The van der Waals surface area contributed by atoms with E-state index in [0.29, 0.717) is 18.5 Å². The van der Waals surface area contributed by atoms with Crippen LogP contribution in [0.2, 0.25) is 0 Å². The van der Waals surface area contributed by atoms with Gasteiger partial charge in [-0.15, -0.1) is 0 Å². The molecule has 1 fully saturated rings. The van der Waals surface area contributed by atoms with Gasteiger partial charge in [0.15, 0.2) is 0 Å². The summed E-state index contributed by atoms with van der Waals surface area (Å²) in [6.45, 7) is 2.60. The number of hydrogen-bond donors (Lipinski definition) is 1. The van der Waals surface area contributed by atoms with Crippen LogP contribution in [0.5, 0.6) is 0 Å². The predicted octanol–water partition coefficient (Wildman–Crippen LogP) is 3.16. The molecule has 3 rings (SSSR count). The second kappa shape index (κ2) is 5.13. The summed E-state index contributed by atoms with van der Waals surface area (Å²) in [5.41, 5.74) is 1.77. The zero-order valence-corrected chi connectivity index (χ0v) is 10.9. The van der Waals surface area contributed by atoms with E-state index in [1.807, 2.05) is 25.1 Å². The predicted molar refractivity (Wildman–Crippen MR) is 70.2 cm³/mol. The number of nitrogens with zero attached hydrogens (tertiary/aromatic N) is 1. The average Bonchev–Trinajstić information content (AvgIpc) is 2.75. The second-order valence-corrected chi connectivity index (χ2v) is 5.20. The molecule has 0 unspecified atom stereocenters. The van der Waals surface area contributed by atoms with Crippen molar-refractivity contribution in [1.82, 2.24) is 10.5 Å². The minimum absolute atomic E-state index is 0.0851. The van der Waals surface area contributed by atoms with E-state index in [1.165, 1.54) is 6.07 Å². The molecular formula is C15H17FN2O. The van der Waals surface area contributed by atoms with Crippen molar-refractivity contribution in [3.05, 3.63) is 53.2 Å². The van der Waals surface area contributed by atoms with E-state index in [0.717, 1.165) is 29.9 Å². The molecule has 2 aromatic rings. The Hall–Kier alpha value is -1.68. The summed E-state index contributed by atoms with van der Waals surface area (Å²) in [6.07, 6.45) is 1.97. The number of rotatable bonds is 4. The van der Waals surface area contributed by atoms with Crippen LogP contribution in [0.4, 0.5) is 4.39 Å². The minimum Gasteiger partial charge on any atom is -0.361 e. The van der Waals surface area contributed by atoms with Gasteiger partial charge in [0, 0.05) is 18.7 Å². The Morgan fingerprint density at radius 2 is 2.16 bits per heavy atom. The molecule has 0 radical (unpaired) electrons. The maximum absolute atomic E-state index is 13.6.